The van der Waals surface area contributed by atoms with Crippen LogP contribution < -0.4 is 9.47 Å². The predicted molar refractivity (Wildman–Crippen MR) is 135 cm³/mol. The third-order valence-corrected chi connectivity index (χ3v) is 6.37. The van der Waals surface area contributed by atoms with Crippen LogP contribution in [0.2, 0.25) is 0 Å². The standard InChI is InChI=1S/C28H33F2N3O4/c1-5-25-23(17-32(27(34)18(2)3)16-22-7-6-14-36-22)28(37-26-13-8-19(29)15-24(26)30)33(31-25)20-9-11-21(35-4)12-10-20/h8-13,15,18,22H,5-7,14,16-17H2,1-4H3/t22-/m0/s1. The molecular formula is C28H33F2N3O4. The van der Waals surface area contributed by atoms with Crippen molar-refractivity contribution < 1.29 is 27.8 Å². The number of rotatable bonds is 10. The van der Waals surface area contributed by atoms with Gasteiger partial charge in [-0.25, -0.2) is 13.5 Å². The summed E-state index contributed by atoms with van der Waals surface area (Å²) in [4.78, 5) is 15.0. The van der Waals surface area contributed by atoms with Crippen LogP contribution in [-0.2, 0) is 22.5 Å². The molecule has 0 radical (unpaired) electrons. The molecule has 37 heavy (non-hydrogen) atoms. The average molecular weight is 514 g/mol. The van der Waals surface area contributed by atoms with Gasteiger partial charge in [0.2, 0.25) is 11.8 Å². The monoisotopic (exact) mass is 513 g/mol. The van der Waals surface area contributed by atoms with E-state index >= 15 is 0 Å². The number of aromatic nitrogens is 2. The van der Waals surface area contributed by atoms with Crippen LogP contribution in [0.15, 0.2) is 42.5 Å². The van der Waals surface area contributed by atoms with Crippen molar-refractivity contribution in [1.29, 1.82) is 0 Å². The molecule has 198 valence electrons. The molecule has 1 aliphatic heterocycles. The van der Waals surface area contributed by atoms with Crippen molar-refractivity contribution in [3.63, 3.8) is 0 Å². The summed E-state index contributed by atoms with van der Waals surface area (Å²) < 4.78 is 47.0. The quantitative estimate of drug-likeness (QED) is 0.349. The van der Waals surface area contributed by atoms with Gasteiger partial charge in [0.1, 0.15) is 11.6 Å². The fourth-order valence-electron chi connectivity index (χ4n) is 4.41. The Hall–Kier alpha value is -3.46. The van der Waals surface area contributed by atoms with Crippen molar-refractivity contribution >= 4 is 5.91 Å². The maximum absolute atomic E-state index is 14.7. The molecule has 1 aromatic heterocycles. The van der Waals surface area contributed by atoms with Crippen molar-refractivity contribution in [2.75, 3.05) is 20.3 Å². The molecule has 9 heteroatoms. The Bertz CT molecular complexity index is 1220. The number of carbonyl (C=O) groups excluding carboxylic acids is 1. The van der Waals surface area contributed by atoms with E-state index < -0.39 is 11.6 Å². The molecule has 1 amide bonds. The number of halogens is 2. The number of hydrogen-bond donors (Lipinski definition) is 0. The third kappa shape index (κ3) is 6.10. The van der Waals surface area contributed by atoms with Gasteiger partial charge in [0.05, 0.1) is 36.7 Å². The van der Waals surface area contributed by atoms with Crippen LogP contribution in [0, 0.1) is 17.6 Å². The van der Waals surface area contributed by atoms with Crippen LogP contribution in [-0.4, -0.2) is 47.0 Å². The molecule has 1 saturated heterocycles. The van der Waals surface area contributed by atoms with Gasteiger partial charge in [0.25, 0.3) is 0 Å². The van der Waals surface area contributed by atoms with E-state index in [0.29, 0.717) is 42.3 Å². The Kier molecular flexibility index (Phi) is 8.43. The fraction of sp³-hybridized carbons (Fsp3) is 0.429. The smallest absolute Gasteiger partial charge is 0.228 e. The molecule has 1 aliphatic rings. The van der Waals surface area contributed by atoms with Crippen molar-refractivity contribution in [2.24, 2.45) is 5.92 Å². The van der Waals surface area contributed by atoms with Crippen molar-refractivity contribution in [3.05, 3.63) is 65.4 Å². The highest BCUT2D eigenvalue weighted by Crippen LogP contribution is 2.34. The molecule has 7 nitrogen and oxygen atoms in total. The van der Waals surface area contributed by atoms with Crippen molar-refractivity contribution in [1.82, 2.24) is 14.7 Å². The Balaban J connectivity index is 1.80. The zero-order valence-electron chi connectivity index (χ0n) is 21.7. The van der Waals surface area contributed by atoms with E-state index in [2.05, 4.69) is 0 Å². The van der Waals surface area contributed by atoms with Crippen molar-refractivity contribution in [3.8, 4) is 23.1 Å². The highest BCUT2D eigenvalue weighted by Gasteiger charge is 2.29. The summed E-state index contributed by atoms with van der Waals surface area (Å²) >= 11 is 0. The molecular weight excluding hydrogens is 480 g/mol. The first kappa shape index (κ1) is 26.6. The Morgan fingerprint density at radius 1 is 1.22 bits per heavy atom. The first-order valence-corrected chi connectivity index (χ1v) is 12.6. The number of benzene rings is 2. The lowest BCUT2D eigenvalue weighted by atomic mass is 10.1. The fourth-order valence-corrected chi connectivity index (χ4v) is 4.41. The molecule has 2 heterocycles. The maximum atomic E-state index is 14.7. The molecule has 2 aromatic carbocycles. The minimum absolute atomic E-state index is 0.0198. The van der Waals surface area contributed by atoms with Gasteiger partial charge in [-0.1, -0.05) is 20.8 Å². The summed E-state index contributed by atoms with van der Waals surface area (Å²) in [6.45, 7) is 7.02. The summed E-state index contributed by atoms with van der Waals surface area (Å²) in [7, 11) is 1.58. The largest absolute Gasteiger partial charge is 0.497 e. The van der Waals surface area contributed by atoms with Gasteiger partial charge < -0.3 is 19.1 Å². The number of hydrogen-bond acceptors (Lipinski definition) is 5. The molecule has 0 spiro atoms. The average Bonchev–Trinajstić information content (AvgIpc) is 3.52. The zero-order valence-corrected chi connectivity index (χ0v) is 21.7. The Labute approximate surface area is 215 Å². The second-order valence-electron chi connectivity index (χ2n) is 9.38. The van der Waals surface area contributed by atoms with E-state index in [9.17, 15) is 13.6 Å². The number of amides is 1. The first-order chi connectivity index (χ1) is 17.8. The van der Waals surface area contributed by atoms with Gasteiger partial charge in [-0.05, 0) is 55.7 Å². The second-order valence-corrected chi connectivity index (χ2v) is 9.38. The second kappa shape index (κ2) is 11.7. The lowest BCUT2D eigenvalue weighted by Crippen LogP contribution is -2.39. The van der Waals surface area contributed by atoms with Gasteiger partial charge in [-0.15, -0.1) is 0 Å². The topological polar surface area (TPSA) is 65.8 Å². The van der Waals surface area contributed by atoms with Gasteiger partial charge in [-0.2, -0.15) is 5.10 Å². The molecule has 0 N–H and O–H groups in total. The number of nitrogens with zero attached hydrogens (tertiary/aromatic N) is 3. The van der Waals surface area contributed by atoms with Crippen LogP contribution in [0.25, 0.3) is 5.69 Å². The number of carbonyl (C=O) groups is 1. The number of aryl methyl sites for hydroxylation is 1. The van der Waals surface area contributed by atoms with Crippen LogP contribution >= 0.6 is 0 Å². The van der Waals surface area contributed by atoms with Crippen LogP contribution in [0.4, 0.5) is 8.78 Å². The minimum Gasteiger partial charge on any atom is -0.497 e. The summed E-state index contributed by atoms with van der Waals surface area (Å²) in [5, 5.41) is 4.77. The minimum atomic E-state index is -0.832. The summed E-state index contributed by atoms with van der Waals surface area (Å²) in [6.07, 6.45) is 2.37. The SMILES string of the molecule is CCc1nn(-c2ccc(OC)cc2)c(Oc2ccc(F)cc2F)c1CN(C[C@@H]1CCCO1)C(=O)C(C)C. The van der Waals surface area contributed by atoms with Gasteiger partial charge >= 0.3 is 0 Å². The Morgan fingerprint density at radius 2 is 1.97 bits per heavy atom. The molecule has 0 saturated carbocycles. The van der Waals surface area contributed by atoms with E-state index in [1.54, 1.807) is 28.8 Å². The van der Waals surface area contributed by atoms with E-state index in [1.807, 2.05) is 32.9 Å². The molecule has 3 aromatic rings. The third-order valence-electron chi connectivity index (χ3n) is 6.37. The first-order valence-electron chi connectivity index (χ1n) is 12.6. The molecule has 0 bridgehead atoms. The summed E-state index contributed by atoms with van der Waals surface area (Å²) in [6, 6.07) is 10.4. The number of ether oxygens (including phenoxy) is 3. The van der Waals surface area contributed by atoms with E-state index in [4.69, 9.17) is 19.3 Å². The highest BCUT2D eigenvalue weighted by atomic mass is 19.1. The lowest BCUT2D eigenvalue weighted by Gasteiger charge is -2.27. The highest BCUT2D eigenvalue weighted by molar-refractivity contribution is 5.78. The van der Waals surface area contributed by atoms with Crippen molar-refractivity contribution in [2.45, 2.75) is 52.7 Å². The zero-order chi connectivity index (χ0) is 26.5. The Morgan fingerprint density at radius 3 is 2.57 bits per heavy atom. The molecule has 4 rings (SSSR count). The molecule has 0 aliphatic carbocycles. The number of methoxy groups -OCH3 is 1. The summed E-state index contributed by atoms with van der Waals surface area (Å²) in [5.74, 6) is -0.976. The molecule has 1 atom stereocenters. The van der Waals surface area contributed by atoms with E-state index in [0.717, 1.165) is 25.0 Å². The normalized spacial score (nSPS) is 15.3. The lowest BCUT2D eigenvalue weighted by molar-refractivity contribution is -0.136. The van der Waals surface area contributed by atoms with Crippen LogP contribution in [0.3, 0.4) is 0 Å². The van der Waals surface area contributed by atoms with Gasteiger partial charge in [0, 0.05) is 25.1 Å². The van der Waals surface area contributed by atoms with Crippen LogP contribution in [0.1, 0.15) is 44.9 Å². The van der Waals surface area contributed by atoms with Crippen LogP contribution in [0.5, 0.6) is 17.4 Å². The van der Waals surface area contributed by atoms with Gasteiger partial charge in [0.15, 0.2) is 11.6 Å². The van der Waals surface area contributed by atoms with Gasteiger partial charge in [-0.3, -0.25) is 4.79 Å². The van der Waals surface area contributed by atoms with E-state index in [1.165, 1.54) is 6.07 Å². The van der Waals surface area contributed by atoms with E-state index in [-0.39, 0.29) is 36.1 Å². The maximum Gasteiger partial charge on any atom is 0.228 e. The molecule has 1 fully saturated rings. The predicted octanol–water partition coefficient (Wildman–Crippen LogP) is 5.68. The summed E-state index contributed by atoms with van der Waals surface area (Å²) in [5.41, 5.74) is 2.04. The molecule has 0 unspecified atom stereocenters.